The van der Waals surface area contributed by atoms with Crippen molar-refractivity contribution in [3.05, 3.63) is 53.1 Å². The van der Waals surface area contributed by atoms with Gasteiger partial charge in [0, 0.05) is 0 Å². The third kappa shape index (κ3) is 3.65. The largest absolute Gasteiger partial charge is 0.359 e. The van der Waals surface area contributed by atoms with Crippen molar-refractivity contribution >= 4 is 35.8 Å². The predicted molar refractivity (Wildman–Crippen MR) is 91.1 cm³/mol. The van der Waals surface area contributed by atoms with Crippen LogP contribution >= 0.6 is 30.2 Å². The third-order valence-electron chi connectivity index (χ3n) is 3.02. The Morgan fingerprint density at radius 3 is 2.29 bits per heavy atom. The highest BCUT2D eigenvalue weighted by molar-refractivity contribution is 14.1. The Morgan fingerprint density at radius 1 is 1.19 bits per heavy atom. The lowest BCUT2D eigenvalue weighted by Gasteiger charge is -2.22. The molecule has 1 aliphatic rings. The van der Waals surface area contributed by atoms with Crippen molar-refractivity contribution in [3.63, 3.8) is 0 Å². The lowest BCUT2D eigenvalue weighted by Crippen LogP contribution is -2.05. The quantitative estimate of drug-likeness (QED) is 0.360. The van der Waals surface area contributed by atoms with E-state index in [1.54, 1.807) is 26.0 Å². The second-order valence-corrected chi connectivity index (χ2v) is 7.73. The lowest BCUT2D eigenvalue weighted by molar-refractivity contribution is 0.226. The van der Waals surface area contributed by atoms with Crippen LogP contribution in [0.3, 0.4) is 0 Å². The molecule has 0 bridgehead atoms. The van der Waals surface area contributed by atoms with Gasteiger partial charge in [0.05, 0.1) is 22.5 Å². The van der Waals surface area contributed by atoms with Gasteiger partial charge in [-0.2, -0.15) is 0 Å². The summed E-state index contributed by atoms with van der Waals surface area (Å²) >= 11 is 2.20. The molecule has 0 saturated heterocycles. The number of halogens is 2. The van der Waals surface area contributed by atoms with Gasteiger partial charge in [0.1, 0.15) is 5.82 Å². The van der Waals surface area contributed by atoms with Crippen LogP contribution in [0.1, 0.15) is 19.4 Å². The number of hydrogen-bond acceptors (Lipinski definition) is 3. The second-order valence-electron chi connectivity index (χ2n) is 4.40. The van der Waals surface area contributed by atoms with Gasteiger partial charge < -0.3 is 9.05 Å². The zero-order valence-corrected chi connectivity index (χ0v) is 14.9. The first-order valence-corrected chi connectivity index (χ1v) is 9.52. The van der Waals surface area contributed by atoms with Crippen LogP contribution in [0.25, 0.3) is 5.57 Å². The van der Waals surface area contributed by atoms with Crippen LogP contribution in [0.4, 0.5) is 4.39 Å². The fourth-order valence-corrected chi connectivity index (χ4v) is 5.68. The highest BCUT2D eigenvalue weighted by Gasteiger charge is 2.38. The normalized spacial score (nSPS) is 18.6. The molecule has 3 nitrogen and oxygen atoms in total. The molecule has 0 fully saturated rings. The SMILES string of the molecule is CCOP(=O)(OCC)C1=C(c2ccc(F)cc2)C=CC1I. The van der Waals surface area contributed by atoms with Gasteiger partial charge in [0.25, 0.3) is 0 Å². The minimum atomic E-state index is -3.34. The summed E-state index contributed by atoms with van der Waals surface area (Å²) in [6.07, 6.45) is 3.84. The fourth-order valence-electron chi connectivity index (χ4n) is 2.19. The summed E-state index contributed by atoms with van der Waals surface area (Å²) in [6, 6.07) is 6.12. The van der Waals surface area contributed by atoms with Crippen LogP contribution in [0.5, 0.6) is 0 Å². The predicted octanol–water partition coefficient (Wildman–Crippen LogP) is 5.18. The molecule has 1 unspecified atom stereocenters. The van der Waals surface area contributed by atoms with E-state index in [0.717, 1.165) is 11.1 Å². The van der Waals surface area contributed by atoms with Crippen LogP contribution in [0.15, 0.2) is 41.7 Å². The van der Waals surface area contributed by atoms with E-state index < -0.39 is 7.60 Å². The summed E-state index contributed by atoms with van der Waals surface area (Å²) in [5.41, 5.74) is 1.60. The summed E-state index contributed by atoms with van der Waals surface area (Å²) < 4.78 is 37.0. The second kappa shape index (κ2) is 7.18. The van der Waals surface area contributed by atoms with E-state index in [9.17, 15) is 8.96 Å². The van der Waals surface area contributed by atoms with Crippen molar-refractivity contribution in [2.45, 2.75) is 17.8 Å². The minimum absolute atomic E-state index is 0.0633. The number of benzene rings is 1. The zero-order chi connectivity index (χ0) is 15.5. The zero-order valence-electron chi connectivity index (χ0n) is 11.9. The molecule has 0 spiro atoms. The minimum Gasteiger partial charge on any atom is -0.306 e. The number of rotatable bonds is 6. The Kier molecular flexibility index (Phi) is 5.77. The Balaban J connectivity index is 2.52. The molecule has 21 heavy (non-hydrogen) atoms. The van der Waals surface area contributed by atoms with Crippen molar-refractivity contribution in [2.24, 2.45) is 0 Å². The molecule has 0 aromatic heterocycles. The molecule has 6 heteroatoms. The first-order valence-electron chi connectivity index (χ1n) is 6.74. The van der Waals surface area contributed by atoms with Gasteiger partial charge in [-0.15, -0.1) is 0 Å². The molecule has 2 rings (SSSR count). The van der Waals surface area contributed by atoms with Crippen LogP contribution in [-0.4, -0.2) is 17.1 Å². The summed E-state index contributed by atoms with van der Waals surface area (Å²) in [7, 11) is -3.34. The molecule has 0 N–H and O–H groups in total. The third-order valence-corrected chi connectivity index (χ3v) is 6.85. The molecule has 0 radical (unpaired) electrons. The number of alkyl halides is 1. The highest BCUT2D eigenvalue weighted by atomic mass is 127. The maximum atomic E-state index is 13.1. The summed E-state index contributed by atoms with van der Waals surface area (Å²) in [5.74, 6) is -0.299. The van der Waals surface area contributed by atoms with Gasteiger partial charge >= 0.3 is 7.60 Å². The van der Waals surface area contributed by atoms with Crippen LogP contribution in [0, 0.1) is 5.82 Å². The molecular weight excluding hydrogens is 405 g/mol. The van der Waals surface area contributed by atoms with Crippen LogP contribution < -0.4 is 0 Å². The molecule has 0 aliphatic heterocycles. The lowest BCUT2D eigenvalue weighted by atomic mass is 10.1. The molecule has 1 aromatic carbocycles. The molecule has 0 heterocycles. The maximum Gasteiger partial charge on any atom is 0.359 e. The molecule has 0 amide bonds. The van der Waals surface area contributed by atoms with Gasteiger partial charge in [0.15, 0.2) is 0 Å². The van der Waals surface area contributed by atoms with E-state index in [2.05, 4.69) is 22.6 Å². The Labute approximate surface area is 137 Å². The Bertz CT molecular complexity index is 600. The van der Waals surface area contributed by atoms with E-state index in [0.29, 0.717) is 18.5 Å². The first-order chi connectivity index (χ1) is 10.0. The van der Waals surface area contributed by atoms with E-state index in [1.165, 1.54) is 12.1 Å². The molecule has 1 aromatic rings. The van der Waals surface area contributed by atoms with Gasteiger partial charge in [-0.3, -0.25) is 4.57 Å². The van der Waals surface area contributed by atoms with Gasteiger partial charge in [-0.05, 0) is 37.1 Å². The molecule has 114 valence electrons. The standard InChI is InChI=1S/C15H17FIO3P/c1-3-19-21(18,20-4-2)15-13(9-10-14(15)17)11-5-7-12(16)8-6-11/h5-10,14H,3-4H2,1-2H3. The van der Waals surface area contributed by atoms with E-state index in [-0.39, 0.29) is 9.74 Å². The average molecular weight is 422 g/mol. The number of allylic oxidation sites excluding steroid dienone is 4. The van der Waals surface area contributed by atoms with Crippen molar-refractivity contribution in [1.82, 2.24) is 0 Å². The molecule has 0 saturated carbocycles. The highest BCUT2D eigenvalue weighted by Crippen LogP contribution is 2.62. The van der Waals surface area contributed by atoms with Gasteiger partial charge in [-0.25, -0.2) is 4.39 Å². The van der Waals surface area contributed by atoms with E-state index in [1.807, 2.05) is 12.2 Å². The van der Waals surface area contributed by atoms with Crippen LogP contribution in [0.2, 0.25) is 0 Å². The van der Waals surface area contributed by atoms with Crippen molar-refractivity contribution in [3.8, 4) is 0 Å². The molecule has 1 atom stereocenters. The summed E-state index contributed by atoms with van der Waals surface area (Å²) in [5, 5.41) is 0.637. The van der Waals surface area contributed by atoms with Crippen LogP contribution in [-0.2, 0) is 13.6 Å². The Hall–Kier alpha value is -0.490. The maximum absolute atomic E-state index is 13.1. The average Bonchev–Trinajstić information content (AvgIpc) is 2.83. The van der Waals surface area contributed by atoms with Crippen molar-refractivity contribution in [1.29, 1.82) is 0 Å². The monoisotopic (exact) mass is 422 g/mol. The van der Waals surface area contributed by atoms with E-state index >= 15 is 0 Å². The first kappa shape index (κ1) is 16.9. The Morgan fingerprint density at radius 2 is 1.76 bits per heavy atom. The molecular formula is C15H17FIO3P. The van der Waals surface area contributed by atoms with Crippen molar-refractivity contribution < 1.29 is 18.0 Å². The smallest absolute Gasteiger partial charge is 0.306 e. The van der Waals surface area contributed by atoms with Gasteiger partial charge in [0.2, 0.25) is 0 Å². The van der Waals surface area contributed by atoms with Crippen molar-refractivity contribution in [2.75, 3.05) is 13.2 Å². The number of hydrogen-bond donors (Lipinski definition) is 0. The fraction of sp³-hybridized carbons (Fsp3) is 0.333. The summed E-state index contributed by atoms with van der Waals surface area (Å²) in [4.78, 5) is 0. The molecule has 1 aliphatic carbocycles. The summed E-state index contributed by atoms with van der Waals surface area (Å²) in [6.45, 7) is 4.18. The van der Waals surface area contributed by atoms with Gasteiger partial charge in [-0.1, -0.05) is 46.9 Å². The topological polar surface area (TPSA) is 35.5 Å². The van der Waals surface area contributed by atoms with E-state index in [4.69, 9.17) is 9.05 Å².